The van der Waals surface area contributed by atoms with Crippen LogP contribution in [0.5, 0.6) is 5.75 Å². The summed E-state index contributed by atoms with van der Waals surface area (Å²) in [5, 5.41) is 0. The highest BCUT2D eigenvalue weighted by Gasteiger charge is 2.19. The minimum Gasteiger partial charge on any atom is -0.496 e. The highest BCUT2D eigenvalue weighted by atomic mass is 16.5. The summed E-state index contributed by atoms with van der Waals surface area (Å²) in [5.74, 6) is 1.39. The van der Waals surface area contributed by atoms with Gasteiger partial charge in [-0.1, -0.05) is 12.1 Å². The van der Waals surface area contributed by atoms with Gasteiger partial charge in [0.05, 0.1) is 13.7 Å². The van der Waals surface area contributed by atoms with E-state index in [9.17, 15) is 0 Å². The maximum absolute atomic E-state index is 5.95. The van der Waals surface area contributed by atoms with Crippen LogP contribution < -0.4 is 10.5 Å². The first-order valence-corrected chi connectivity index (χ1v) is 5.73. The summed E-state index contributed by atoms with van der Waals surface area (Å²) in [5.41, 5.74) is 8.33. The molecule has 0 aliphatic carbocycles. The Morgan fingerprint density at radius 1 is 1.50 bits per heavy atom. The van der Waals surface area contributed by atoms with Crippen molar-refractivity contribution < 1.29 is 9.47 Å². The summed E-state index contributed by atoms with van der Waals surface area (Å²) >= 11 is 0. The number of benzene rings is 1. The van der Waals surface area contributed by atoms with Crippen LogP contribution in [0.4, 0.5) is 0 Å². The van der Waals surface area contributed by atoms with Gasteiger partial charge >= 0.3 is 0 Å². The Morgan fingerprint density at radius 3 is 2.88 bits per heavy atom. The zero-order chi connectivity index (χ0) is 11.5. The number of hydrogen-bond acceptors (Lipinski definition) is 3. The van der Waals surface area contributed by atoms with Gasteiger partial charge in [-0.05, 0) is 25.0 Å². The van der Waals surface area contributed by atoms with Crippen LogP contribution >= 0.6 is 0 Å². The lowest BCUT2D eigenvalue weighted by atomic mass is 9.94. The lowest BCUT2D eigenvalue weighted by molar-refractivity contribution is 0.194. The van der Waals surface area contributed by atoms with Crippen molar-refractivity contribution in [2.45, 2.75) is 25.3 Å². The molecule has 1 aromatic carbocycles. The van der Waals surface area contributed by atoms with Crippen LogP contribution in [0.15, 0.2) is 18.2 Å². The van der Waals surface area contributed by atoms with Gasteiger partial charge in [0, 0.05) is 24.1 Å². The average Bonchev–Trinajstić information content (AvgIpc) is 2.81. The molecule has 2 atom stereocenters. The van der Waals surface area contributed by atoms with Crippen LogP contribution in [-0.2, 0) is 4.74 Å². The van der Waals surface area contributed by atoms with Crippen molar-refractivity contribution in [3.05, 3.63) is 29.3 Å². The summed E-state index contributed by atoms with van der Waals surface area (Å²) in [7, 11) is 1.68. The molecule has 88 valence electrons. The fourth-order valence-corrected chi connectivity index (χ4v) is 2.16. The van der Waals surface area contributed by atoms with Gasteiger partial charge in [-0.25, -0.2) is 0 Å². The predicted octanol–water partition coefficient (Wildman–Crippen LogP) is 2.22. The van der Waals surface area contributed by atoms with E-state index < -0.39 is 0 Å². The van der Waals surface area contributed by atoms with E-state index in [2.05, 4.69) is 12.1 Å². The average molecular weight is 221 g/mol. The molecule has 3 heteroatoms. The number of methoxy groups -OCH3 is 1. The third kappa shape index (κ3) is 2.20. The molecule has 1 saturated heterocycles. The number of rotatable bonds is 3. The van der Waals surface area contributed by atoms with Gasteiger partial charge in [-0.2, -0.15) is 0 Å². The molecule has 0 aromatic heterocycles. The van der Waals surface area contributed by atoms with Gasteiger partial charge in [-0.3, -0.25) is 0 Å². The van der Waals surface area contributed by atoms with Crippen LogP contribution in [0.25, 0.3) is 0 Å². The molecule has 1 aliphatic heterocycles. The quantitative estimate of drug-likeness (QED) is 0.851. The standard InChI is InChI=1S/C13H19NO2/c1-9(14)12-7-10(3-4-13(12)15-2)11-5-6-16-8-11/h3-4,7,9,11H,5-6,8,14H2,1-2H3. The molecular weight excluding hydrogens is 202 g/mol. The van der Waals surface area contributed by atoms with Gasteiger partial charge in [-0.15, -0.1) is 0 Å². The largest absolute Gasteiger partial charge is 0.496 e. The molecule has 1 aliphatic rings. The predicted molar refractivity (Wildman–Crippen MR) is 63.8 cm³/mol. The molecule has 0 spiro atoms. The molecule has 2 rings (SSSR count). The first-order valence-electron chi connectivity index (χ1n) is 5.73. The lowest BCUT2D eigenvalue weighted by Crippen LogP contribution is -2.08. The molecule has 2 N–H and O–H groups in total. The number of ether oxygens (including phenoxy) is 2. The topological polar surface area (TPSA) is 44.5 Å². The van der Waals surface area contributed by atoms with E-state index in [0.717, 1.165) is 30.9 Å². The van der Waals surface area contributed by atoms with Gasteiger partial charge in [0.15, 0.2) is 0 Å². The summed E-state index contributed by atoms with van der Waals surface area (Å²) in [6.07, 6.45) is 1.10. The molecule has 1 fully saturated rings. The SMILES string of the molecule is COc1ccc(C2CCOC2)cc1C(C)N. The minimum absolute atomic E-state index is 0.00257. The Morgan fingerprint density at radius 2 is 2.31 bits per heavy atom. The van der Waals surface area contributed by atoms with Crippen LogP contribution in [-0.4, -0.2) is 20.3 Å². The first-order chi connectivity index (χ1) is 7.72. The Kier molecular flexibility index (Phi) is 3.46. The second-order valence-corrected chi connectivity index (χ2v) is 4.35. The molecule has 2 unspecified atom stereocenters. The second kappa shape index (κ2) is 4.85. The van der Waals surface area contributed by atoms with E-state index in [0.29, 0.717) is 5.92 Å². The molecule has 1 aromatic rings. The molecule has 1 heterocycles. The van der Waals surface area contributed by atoms with Gasteiger partial charge in [0.2, 0.25) is 0 Å². The maximum Gasteiger partial charge on any atom is 0.123 e. The van der Waals surface area contributed by atoms with Crippen molar-refractivity contribution >= 4 is 0 Å². The minimum atomic E-state index is -0.00257. The number of nitrogens with two attached hydrogens (primary N) is 1. The first kappa shape index (κ1) is 11.4. The fraction of sp³-hybridized carbons (Fsp3) is 0.538. The van der Waals surface area contributed by atoms with E-state index >= 15 is 0 Å². The molecule has 0 radical (unpaired) electrons. The Balaban J connectivity index is 2.30. The smallest absolute Gasteiger partial charge is 0.123 e. The Bertz CT molecular complexity index is 357. The monoisotopic (exact) mass is 221 g/mol. The molecule has 0 amide bonds. The van der Waals surface area contributed by atoms with Crippen molar-refractivity contribution in [3.63, 3.8) is 0 Å². The Labute approximate surface area is 96.5 Å². The highest BCUT2D eigenvalue weighted by molar-refractivity contribution is 5.40. The normalized spacial score (nSPS) is 22.1. The van der Waals surface area contributed by atoms with E-state index in [4.69, 9.17) is 15.2 Å². The van der Waals surface area contributed by atoms with E-state index in [1.165, 1.54) is 5.56 Å². The van der Waals surface area contributed by atoms with Crippen LogP contribution in [0.1, 0.15) is 36.4 Å². The molecular formula is C13H19NO2. The fourth-order valence-electron chi connectivity index (χ4n) is 2.16. The van der Waals surface area contributed by atoms with E-state index in [1.54, 1.807) is 7.11 Å². The number of hydrogen-bond donors (Lipinski definition) is 1. The molecule has 0 bridgehead atoms. The molecule has 0 saturated carbocycles. The Hall–Kier alpha value is -1.06. The van der Waals surface area contributed by atoms with Crippen molar-refractivity contribution in [1.29, 1.82) is 0 Å². The molecule has 16 heavy (non-hydrogen) atoms. The lowest BCUT2D eigenvalue weighted by Gasteiger charge is -2.15. The third-order valence-electron chi connectivity index (χ3n) is 3.15. The van der Waals surface area contributed by atoms with Crippen molar-refractivity contribution in [2.24, 2.45) is 5.73 Å². The van der Waals surface area contributed by atoms with Crippen molar-refractivity contribution in [2.75, 3.05) is 20.3 Å². The van der Waals surface area contributed by atoms with E-state index in [1.807, 2.05) is 13.0 Å². The zero-order valence-corrected chi connectivity index (χ0v) is 9.90. The third-order valence-corrected chi connectivity index (χ3v) is 3.15. The maximum atomic E-state index is 5.95. The molecule has 3 nitrogen and oxygen atoms in total. The van der Waals surface area contributed by atoms with Gasteiger partial charge in [0.1, 0.15) is 5.75 Å². The van der Waals surface area contributed by atoms with Gasteiger partial charge < -0.3 is 15.2 Å². The zero-order valence-electron chi connectivity index (χ0n) is 9.90. The summed E-state index contributed by atoms with van der Waals surface area (Å²) in [6, 6.07) is 6.27. The van der Waals surface area contributed by atoms with Gasteiger partial charge in [0.25, 0.3) is 0 Å². The summed E-state index contributed by atoms with van der Waals surface area (Å²) < 4.78 is 10.7. The van der Waals surface area contributed by atoms with Crippen molar-refractivity contribution in [1.82, 2.24) is 0 Å². The second-order valence-electron chi connectivity index (χ2n) is 4.35. The van der Waals surface area contributed by atoms with E-state index in [-0.39, 0.29) is 6.04 Å². The summed E-state index contributed by atoms with van der Waals surface area (Å²) in [6.45, 7) is 3.67. The highest BCUT2D eigenvalue weighted by Crippen LogP contribution is 2.31. The summed E-state index contributed by atoms with van der Waals surface area (Å²) in [4.78, 5) is 0. The van der Waals surface area contributed by atoms with Crippen molar-refractivity contribution in [3.8, 4) is 5.75 Å². The van der Waals surface area contributed by atoms with Crippen LogP contribution in [0.3, 0.4) is 0 Å². The van der Waals surface area contributed by atoms with Crippen LogP contribution in [0.2, 0.25) is 0 Å². The van der Waals surface area contributed by atoms with Crippen LogP contribution in [0, 0.1) is 0 Å².